The molecule has 1 aromatic heterocycles. The summed E-state index contributed by atoms with van der Waals surface area (Å²) in [6.45, 7) is 2.55. The van der Waals surface area contributed by atoms with Crippen LogP contribution in [0.5, 0.6) is 11.5 Å². The Morgan fingerprint density at radius 2 is 1.97 bits per heavy atom. The van der Waals surface area contributed by atoms with E-state index >= 15 is 0 Å². The first-order chi connectivity index (χ1) is 14.1. The van der Waals surface area contributed by atoms with E-state index in [-0.39, 0.29) is 18.4 Å². The van der Waals surface area contributed by atoms with E-state index in [4.69, 9.17) is 9.47 Å². The summed E-state index contributed by atoms with van der Waals surface area (Å²) in [5.74, 6) is 1.52. The number of ether oxygens (including phenoxy) is 2. The lowest BCUT2D eigenvalue weighted by molar-refractivity contribution is -0.133. The van der Waals surface area contributed by atoms with Crippen LogP contribution in [0, 0.1) is 0 Å². The van der Waals surface area contributed by atoms with Gasteiger partial charge < -0.3 is 24.6 Å². The average molecular weight is 438 g/mol. The summed E-state index contributed by atoms with van der Waals surface area (Å²) in [6, 6.07) is 7.19. The van der Waals surface area contributed by atoms with Crippen molar-refractivity contribution in [3.63, 3.8) is 0 Å². The predicted molar refractivity (Wildman–Crippen MR) is 112 cm³/mol. The van der Waals surface area contributed by atoms with Gasteiger partial charge in [-0.05, 0) is 12.1 Å². The smallest absolute Gasteiger partial charge is 0.260 e. The van der Waals surface area contributed by atoms with Crippen LogP contribution in [-0.2, 0) is 9.59 Å². The van der Waals surface area contributed by atoms with Gasteiger partial charge in [-0.25, -0.2) is 0 Å². The Labute approximate surface area is 177 Å². The molecule has 2 heterocycles. The Balaban J connectivity index is 1.44. The Kier molecular flexibility index (Phi) is 7.53. The van der Waals surface area contributed by atoms with E-state index in [1.54, 1.807) is 31.2 Å². The van der Waals surface area contributed by atoms with Gasteiger partial charge in [0.2, 0.25) is 11.0 Å². The Morgan fingerprint density at radius 1 is 1.21 bits per heavy atom. The predicted octanol–water partition coefficient (Wildman–Crippen LogP) is 1.11. The van der Waals surface area contributed by atoms with E-state index in [1.807, 2.05) is 12.1 Å². The van der Waals surface area contributed by atoms with Crippen LogP contribution >= 0.6 is 23.1 Å². The topological polar surface area (TPSA) is 96.9 Å². The van der Waals surface area contributed by atoms with Crippen molar-refractivity contribution in [2.24, 2.45) is 0 Å². The summed E-state index contributed by atoms with van der Waals surface area (Å²) < 4.78 is 11.5. The van der Waals surface area contributed by atoms with Crippen LogP contribution < -0.4 is 19.7 Å². The fourth-order valence-corrected chi connectivity index (χ4v) is 4.43. The molecule has 0 spiro atoms. The molecule has 9 nitrogen and oxygen atoms in total. The van der Waals surface area contributed by atoms with Crippen LogP contribution in [0.2, 0.25) is 0 Å². The standard InChI is InChI=1S/C18H23N5O4S2/c1-19-15(24)12-28-18-21-20-17(29-18)23-8-6-22(7-9-23)16(25)11-27-14-5-3-4-13(10-14)26-2/h3-5,10H,6-9,11-12H2,1-2H3,(H,19,24). The number of hydrogen-bond acceptors (Lipinski definition) is 9. The zero-order valence-electron chi connectivity index (χ0n) is 16.3. The van der Waals surface area contributed by atoms with Crippen molar-refractivity contribution in [3.05, 3.63) is 24.3 Å². The van der Waals surface area contributed by atoms with Crippen LogP contribution in [0.1, 0.15) is 0 Å². The lowest BCUT2D eigenvalue weighted by Crippen LogP contribution is -2.50. The van der Waals surface area contributed by atoms with Crippen LogP contribution in [0.15, 0.2) is 28.6 Å². The van der Waals surface area contributed by atoms with Gasteiger partial charge in [-0.3, -0.25) is 9.59 Å². The third-order valence-electron chi connectivity index (χ3n) is 4.31. The lowest BCUT2D eigenvalue weighted by atomic mass is 10.3. The second-order valence-electron chi connectivity index (χ2n) is 6.15. The summed E-state index contributed by atoms with van der Waals surface area (Å²) in [5, 5.41) is 11.7. The molecule has 3 rings (SSSR count). The van der Waals surface area contributed by atoms with Crippen molar-refractivity contribution in [2.45, 2.75) is 4.34 Å². The highest BCUT2D eigenvalue weighted by atomic mass is 32.2. The number of anilines is 1. The molecule has 156 valence electrons. The molecule has 29 heavy (non-hydrogen) atoms. The Morgan fingerprint density at radius 3 is 2.69 bits per heavy atom. The lowest BCUT2D eigenvalue weighted by Gasteiger charge is -2.34. The monoisotopic (exact) mass is 437 g/mol. The molecule has 0 aliphatic carbocycles. The second kappa shape index (κ2) is 10.3. The molecule has 1 aliphatic heterocycles. The van der Waals surface area contributed by atoms with Gasteiger partial charge in [0.15, 0.2) is 10.9 Å². The molecule has 2 aromatic rings. The molecular weight excluding hydrogens is 414 g/mol. The number of amides is 2. The minimum atomic E-state index is -0.0495. The minimum absolute atomic E-state index is 0.00768. The van der Waals surface area contributed by atoms with Crippen LogP contribution in [-0.4, -0.2) is 79.6 Å². The SMILES string of the molecule is CNC(=O)CSc1nnc(N2CCN(C(=O)COc3cccc(OC)c3)CC2)s1. The molecule has 0 bridgehead atoms. The van der Waals surface area contributed by atoms with Crippen LogP contribution in [0.4, 0.5) is 5.13 Å². The third kappa shape index (κ3) is 5.97. The molecule has 1 aliphatic rings. The molecule has 2 amide bonds. The number of piperazine rings is 1. The van der Waals surface area contributed by atoms with Gasteiger partial charge in [0.25, 0.3) is 5.91 Å². The van der Waals surface area contributed by atoms with Crippen LogP contribution in [0.3, 0.4) is 0 Å². The van der Waals surface area contributed by atoms with E-state index in [0.717, 1.165) is 9.47 Å². The first kappa shape index (κ1) is 21.2. The van der Waals surface area contributed by atoms with Gasteiger partial charge in [-0.2, -0.15) is 0 Å². The highest BCUT2D eigenvalue weighted by molar-refractivity contribution is 8.01. The molecule has 0 atom stereocenters. The molecule has 0 saturated carbocycles. The van der Waals surface area contributed by atoms with Crippen molar-refractivity contribution >= 4 is 40.0 Å². The van der Waals surface area contributed by atoms with Gasteiger partial charge in [0, 0.05) is 39.3 Å². The summed E-state index contributed by atoms with van der Waals surface area (Å²) in [5.41, 5.74) is 0. The van der Waals surface area contributed by atoms with Crippen LogP contribution in [0.25, 0.3) is 0 Å². The maximum atomic E-state index is 12.4. The molecule has 1 N–H and O–H groups in total. The number of nitrogens with zero attached hydrogens (tertiary/aromatic N) is 4. The Hall–Kier alpha value is -2.53. The summed E-state index contributed by atoms with van der Waals surface area (Å²) in [7, 11) is 3.20. The van der Waals surface area contributed by atoms with E-state index in [1.165, 1.54) is 23.1 Å². The maximum absolute atomic E-state index is 12.4. The molecule has 11 heteroatoms. The maximum Gasteiger partial charge on any atom is 0.260 e. The fraction of sp³-hybridized carbons (Fsp3) is 0.444. The Bertz CT molecular complexity index is 839. The zero-order chi connectivity index (χ0) is 20.6. The van der Waals surface area contributed by atoms with Crippen molar-refractivity contribution in [2.75, 3.05) is 57.6 Å². The van der Waals surface area contributed by atoms with E-state index < -0.39 is 0 Å². The van der Waals surface area contributed by atoms with Crippen molar-refractivity contribution in [1.82, 2.24) is 20.4 Å². The second-order valence-corrected chi connectivity index (χ2v) is 8.33. The van der Waals surface area contributed by atoms with Crippen molar-refractivity contribution in [1.29, 1.82) is 0 Å². The molecule has 0 radical (unpaired) electrons. The highest BCUT2D eigenvalue weighted by Crippen LogP contribution is 2.28. The van der Waals surface area contributed by atoms with Crippen molar-refractivity contribution in [3.8, 4) is 11.5 Å². The number of carbonyl (C=O) groups excluding carboxylic acids is 2. The average Bonchev–Trinajstić information content (AvgIpc) is 3.25. The van der Waals surface area contributed by atoms with Gasteiger partial charge >= 0.3 is 0 Å². The first-order valence-electron chi connectivity index (χ1n) is 9.05. The summed E-state index contributed by atoms with van der Waals surface area (Å²) in [6.07, 6.45) is 0. The number of aromatic nitrogens is 2. The van der Waals surface area contributed by atoms with Gasteiger partial charge in [0.05, 0.1) is 12.9 Å². The van der Waals surface area contributed by atoms with Gasteiger partial charge in [-0.1, -0.05) is 29.2 Å². The molecule has 1 aromatic carbocycles. The number of nitrogens with one attached hydrogen (secondary N) is 1. The summed E-state index contributed by atoms with van der Waals surface area (Å²) in [4.78, 5) is 27.7. The number of carbonyl (C=O) groups is 2. The minimum Gasteiger partial charge on any atom is -0.497 e. The third-order valence-corrected chi connectivity index (χ3v) is 6.43. The molecular formula is C18H23N5O4S2. The normalized spacial score (nSPS) is 13.9. The highest BCUT2D eigenvalue weighted by Gasteiger charge is 2.23. The number of benzene rings is 1. The largest absolute Gasteiger partial charge is 0.497 e. The quantitative estimate of drug-likeness (QED) is 0.614. The molecule has 1 fully saturated rings. The fourth-order valence-electron chi connectivity index (χ4n) is 2.66. The number of thioether (sulfide) groups is 1. The number of hydrogen-bond donors (Lipinski definition) is 1. The molecule has 1 saturated heterocycles. The van der Waals surface area contributed by atoms with Gasteiger partial charge in [-0.15, -0.1) is 10.2 Å². The van der Waals surface area contributed by atoms with E-state index in [9.17, 15) is 9.59 Å². The van der Waals surface area contributed by atoms with E-state index in [2.05, 4.69) is 20.4 Å². The first-order valence-corrected chi connectivity index (χ1v) is 10.9. The number of rotatable bonds is 8. The van der Waals surface area contributed by atoms with Gasteiger partial charge in [0.1, 0.15) is 11.5 Å². The van der Waals surface area contributed by atoms with Crippen molar-refractivity contribution < 1.29 is 19.1 Å². The summed E-state index contributed by atoms with van der Waals surface area (Å²) >= 11 is 2.83. The number of methoxy groups -OCH3 is 1. The zero-order valence-corrected chi connectivity index (χ0v) is 17.9. The van der Waals surface area contributed by atoms with E-state index in [0.29, 0.717) is 43.4 Å². The molecule has 0 unspecified atom stereocenters.